The average Bonchev–Trinajstić information content (AvgIpc) is 3.36. The molecule has 0 bridgehead atoms. The number of rotatable bonds is 12. The third-order valence-electron chi connectivity index (χ3n) is 5.53. The van der Waals surface area contributed by atoms with Crippen LogP contribution in [-0.2, 0) is 16.0 Å². The first-order chi connectivity index (χ1) is 16.7. The Labute approximate surface area is 206 Å². The highest BCUT2D eigenvalue weighted by Gasteiger charge is 2.37. The van der Waals surface area contributed by atoms with Crippen molar-refractivity contribution in [3.05, 3.63) is 70.8 Å². The maximum atomic E-state index is 14.2. The predicted octanol–water partition coefficient (Wildman–Crippen LogP) is 3.10. The molecule has 1 aromatic heterocycles. The Morgan fingerprint density at radius 2 is 2.00 bits per heavy atom. The highest BCUT2D eigenvalue weighted by Crippen LogP contribution is 2.29. The molecular weight excluding hydrogens is 479 g/mol. The molecule has 0 saturated carbocycles. The Morgan fingerprint density at radius 3 is 2.63 bits per heavy atom. The maximum Gasteiger partial charge on any atom is 0.311 e. The fourth-order valence-electron chi connectivity index (χ4n) is 3.68. The highest BCUT2D eigenvalue weighted by atomic mass is 35.5. The summed E-state index contributed by atoms with van der Waals surface area (Å²) < 4.78 is 19.5. The van der Waals surface area contributed by atoms with Crippen LogP contribution < -0.4 is 5.32 Å². The number of nitrogens with zero attached hydrogens (tertiary/aromatic N) is 2. The van der Waals surface area contributed by atoms with E-state index in [1.807, 2.05) is 0 Å². The largest absolute Gasteiger partial charge is 0.481 e. The molecule has 11 heteroatoms. The number of aliphatic hydroxyl groups is 1. The van der Waals surface area contributed by atoms with Crippen LogP contribution in [0.25, 0.3) is 11.1 Å². The Bertz CT molecular complexity index is 1140. The summed E-state index contributed by atoms with van der Waals surface area (Å²) in [5.74, 6) is -2.01. The Balaban J connectivity index is 1.82. The molecule has 4 N–H and O–H groups in total. The van der Waals surface area contributed by atoms with Gasteiger partial charge in [-0.25, -0.2) is 4.39 Å². The van der Waals surface area contributed by atoms with E-state index in [-0.39, 0.29) is 31.9 Å². The van der Waals surface area contributed by atoms with Gasteiger partial charge in [0, 0.05) is 16.6 Å². The zero-order chi connectivity index (χ0) is 25.4. The van der Waals surface area contributed by atoms with Crippen molar-refractivity contribution < 1.29 is 28.9 Å². The van der Waals surface area contributed by atoms with Gasteiger partial charge in [-0.05, 0) is 49.1 Å². The number of carboxylic acids is 1. The molecule has 0 aliphatic rings. The van der Waals surface area contributed by atoms with Crippen molar-refractivity contribution in [1.29, 1.82) is 0 Å². The molecule has 2 unspecified atom stereocenters. The second-order valence-electron chi connectivity index (χ2n) is 8.40. The number of hydrogen-bond acceptors (Lipinski definition) is 6. The minimum absolute atomic E-state index is 0.000357. The second-order valence-corrected chi connectivity index (χ2v) is 8.83. The minimum Gasteiger partial charge on any atom is -0.481 e. The van der Waals surface area contributed by atoms with E-state index in [0.29, 0.717) is 22.6 Å². The number of aromatic nitrogens is 3. The summed E-state index contributed by atoms with van der Waals surface area (Å²) in [5.41, 5.74) is 0.519. The number of hydrogen-bond donors (Lipinski definition) is 4. The van der Waals surface area contributed by atoms with Gasteiger partial charge in [0.1, 0.15) is 5.82 Å². The summed E-state index contributed by atoms with van der Waals surface area (Å²) in [6.45, 7) is 1.14. The molecule has 3 rings (SSSR count). The number of aliphatic carboxylic acids is 1. The van der Waals surface area contributed by atoms with Gasteiger partial charge in [0.2, 0.25) is 0 Å². The molecule has 0 aliphatic heterocycles. The molecule has 2 atom stereocenters. The van der Waals surface area contributed by atoms with Crippen LogP contribution in [0.1, 0.15) is 29.4 Å². The first-order valence-electron chi connectivity index (χ1n) is 10.8. The van der Waals surface area contributed by atoms with Gasteiger partial charge >= 0.3 is 5.97 Å². The summed E-state index contributed by atoms with van der Waals surface area (Å²) in [6, 6.07) is 10.7. The number of benzene rings is 2. The number of carbonyl (C=O) groups is 2. The molecule has 1 amide bonds. The SMILES string of the molecule is CC(COCCO)(CC(Cc1ccc(-c2cc(Cl)ccc2F)cc1)NC(=O)c1cn[nH]n1)C(=O)O. The molecule has 9 nitrogen and oxygen atoms in total. The monoisotopic (exact) mass is 504 g/mol. The van der Waals surface area contributed by atoms with E-state index >= 15 is 0 Å². The first kappa shape index (κ1) is 26.3. The van der Waals surface area contributed by atoms with Gasteiger partial charge in [0.05, 0.1) is 31.4 Å². The van der Waals surface area contributed by atoms with E-state index in [1.165, 1.54) is 31.3 Å². The quantitative estimate of drug-likeness (QED) is 0.278. The third-order valence-corrected chi connectivity index (χ3v) is 5.76. The van der Waals surface area contributed by atoms with Gasteiger partial charge in [0.15, 0.2) is 5.69 Å². The van der Waals surface area contributed by atoms with Gasteiger partial charge in [-0.1, -0.05) is 35.9 Å². The number of nitrogens with one attached hydrogen (secondary N) is 2. The lowest BCUT2D eigenvalue weighted by Crippen LogP contribution is -2.44. The molecule has 2 aromatic carbocycles. The Hall–Kier alpha value is -3.34. The van der Waals surface area contributed by atoms with Crippen LogP contribution in [0.2, 0.25) is 5.02 Å². The van der Waals surface area contributed by atoms with E-state index in [1.54, 1.807) is 24.3 Å². The summed E-state index contributed by atoms with van der Waals surface area (Å²) >= 11 is 6.00. The normalized spacial score (nSPS) is 13.7. The van der Waals surface area contributed by atoms with Crippen molar-refractivity contribution in [3.8, 4) is 11.1 Å². The lowest BCUT2D eigenvalue weighted by Gasteiger charge is -2.30. The fourth-order valence-corrected chi connectivity index (χ4v) is 3.85. The van der Waals surface area contributed by atoms with Crippen LogP contribution >= 0.6 is 11.6 Å². The van der Waals surface area contributed by atoms with Crippen molar-refractivity contribution in [2.45, 2.75) is 25.8 Å². The molecule has 0 spiro atoms. The third kappa shape index (κ3) is 7.08. The molecule has 0 fully saturated rings. The topological polar surface area (TPSA) is 137 Å². The lowest BCUT2D eigenvalue weighted by atomic mass is 9.82. The zero-order valence-corrected chi connectivity index (χ0v) is 19.8. The molecule has 0 radical (unpaired) electrons. The van der Waals surface area contributed by atoms with Gasteiger partial charge in [-0.3, -0.25) is 9.59 Å². The number of carbonyl (C=O) groups excluding carboxylic acids is 1. The van der Waals surface area contributed by atoms with Gasteiger partial charge in [-0.15, -0.1) is 0 Å². The van der Waals surface area contributed by atoms with E-state index in [2.05, 4.69) is 20.7 Å². The number of amides is 1. The molecule has 0 saturated heterocycles. The number of halogens is 2. The fraction of sp³-hybridized carbons (Fsp3) is 0.333. The molecule has 186 valence electrons. The molecule has 0 aliphatic carbocycles. The molecule has 3 aromatic rings. The van der Waals surface area contributed by atoms with Crippen LogP contribution in [0.15, 0.2) is 48.7 Å². The van der Waals surface area contributed by atoms with E-state index in [0.717, 1.165) is 5.56 Å². The van der Waals surface area contributed by atoms with Crippen LogP contribution in [0.5, 0.6) is 0 Å². The Kier molecular flexibility index (Phi) is 8.91. The standard InChI is InChI=1S/C24H26ClFN4O5/c1-24(23(33)34,14-35-9-8-31)12-18(28-22(32)21-13-27-30-29-21)10-15-2-4-16(5-3-15)19-11-17(25)6-7-20(19)26/h2-7,11,13,18,31H,8-10,12,14H2,1H3,(H,28,32)(H,33,34)(H,27,29,30). The summed E-state index contributed by atoms with van der Waals surface area (Å²) in [5, 5.41) is 31.8. The molecule has 35 heavy (non-hydrogen) atoms. The molecular formula is C24H26ClFN4O5. The predicted molar refractivity (Wildman–Crippen MR) is 126 cm³/mol. The van der Waals surface area contributed by atoms with Crippen molar-refractivity contribution in [2.24, 2.45) is 5.41 Å². The zero-order valence-electron chi connectivity index (χ0n) is 19.0. The van der Waals surface area contributed by atoms with Crippen molar-refractivity contribution in [2.75, 3.05) is 19.8 Å². The van der Waals surface area contributed by atoms with Gasteiger partial charge < -0.3 is 20.3 Å². The lowest BCUT2D eigenvalue weighted by molar-refractivity contribution is -0.153. The first-order valence-corrected chi connectivity index (χ1v) is 11.2. The smallest absolute Gasteiger partial charge is 0.311 e. The van der Waals surface area contributed by atoms with E-state index in [9.17, 15) is 19.1 Å². The number of carboxylic acid groups (broad SMARTS) is 1. The number of aromatic amines is 1. The maximum absolute atomic E-state index is 14.2. The van der Waals surface area contributed by atoms with Crippen molar-refractivity contribution >= 4 is 23.5 Å². The second kappa shape index (κ2) is 11.9. The van der Waals surface area contributed by atoms with Crippen LogP contribution in [0, 0.1) is 11.2 Å². The van der Waals surface area contributed by atoms with Crippen LogP contribution in [0.3, 0.4) is 0 Å². The summed E-state index contributed by atoms with van der Waals surface area (Å²) in [7, 11) is 0. The number of ether oxygens (including phenoxy) is 1. The summed E-state index contributed by atoms with van der Waals surface area (Å²) in [6.07, 6.45) is 1.61. The minimum atomic E-state index is -1.33. The van der Waals surface area contributed by atoms with E-state index in [4.69, 9.17) is 21.4 Å². The van der Waals surface area contributed by atoms with Gasteiger partial charge in [0.25, 0.3) is 5.91 Å². The van der Waals surface area contributed by atoms with Crippen LogP contribution in [-0.4, -0.2) is 63.4 Å². The highest BCUT2D eigenvalue weighted by molar-refractivity contribution is 6.30. The van der Waals surface area contributed by atoms with Gasteiger partial charge in [-0.2, -0.15) is 15.4 Å². The van der Waals surface area contributed by atoms with Crippen molar-refractivity contribution in [1.82, 2.24) is 20.7 Å². The molecule has 1 heterocycles. The van der Waals surface area contributed by atoms with Crippen molar-refractivity contribution in [3.63, 3.8) is 0 Å². The number of aliphatic hydroxyl groups excluding tert-OH is 1. The number of H-pyrrole nitrogens is 1. The average molecular weight is 505 g/mol. The van der Waals surface area contributed by atoms with Crippen LogP contribution in [0.4, 0.5) is 4.39 Å². The summed E-state index contributed by atoms with van der Waals surface area (Å²) in [4.78, 5) is 24.7. The Morgan fingerprint density at radius 1 is 1.26 bits per heavy atom. The van der Waals surface area contributed by atoms with E-state index < -0.39 is 29.2 Å².